The molecule has 0 saturated heterocycles. The highest BCUT2D eigenvalue weighted by atomic mass is 14.5. The van der Waals surface area contributed by atoms with E-state index in [9.17, 15) is 0 Å². The molecule has 1 aromatic carbocycles. The van der Waals surface area contributed by atoms with Crippen molar-refractivity contribution in [2.24, 2.45) is 17.3 Å². The lowest BCUT2D eigenvalue weighted by molar-refractivity contribution is -0.00422. The minimum absolute atomic E-state index is 0.680. The van der Waals surface area contributed by atoms with Gasteiger partial charge in [0, 0.05) is 0 Å². The smallest absolute Gasteiger partial charge is 0.0128 e. The van der Waals surface area contributed by atoms with Gasteiger partial charge in [0.25, 0.3) is 0 Å². The van der Waals surface area contributed by atoms with E-state index in [4.69, 9.17) is 0 Å². The summed E-state index contributed by atoms with van der Waals surface area (Å²) in [6.07, 6.45) is 12.9. The molecule has 2 saturated carbocycles. The second kappa shape index (κ2) is 5.14. The molecule has 0 N–H and O–H groups in total. The second-order valence-corrected chi connectivity index (χ2v) is 8.24. The summed E-state index contributed by atoms with van der Waals surface area (Å²) in [6, 6.07) is 7.38. The molecule has 4 atom stereocenters. The molecular formula is C21H30. The summed E-state index contributed by atoms with van der Waals surface area (Å²) in [4.78, 5) is 0. The number of rotatable bonds is 1. The Labute approximate surface area is 130 Å². The van der Waals surface area contributed by atoms with Crippen LogP contribution in [0.2, 0.25) is 0 Å². The lowest BCUT2D eigenvalue weighted by atomic mass is 9.51. The van der Waals surface area contributed by atoms with Crippen LogP contribution in [0.3, 0.4) is 0 Å². The maximum atomic E-state index is 2.62. The standard InChI is InChI=1S/C21H30/c1-3-15-7-8-16-9-10-18-17(19(16)14-15)11-13-21(2)12-5-4-6-20(18)21/h7-8,14,17-18,20H,3-6,9-13H2,1-2H3/t17-,18+,20-,21-/m0/s1. The van der Waals surface area contributed by atoms with E-state index >= 15 is 0 Å². The van der Waals surface area contributed by atoms with Gasteiger partial charge in [-0.3, -0.25) is 0 Å². The van der Waals surface area contributed by atoms with Crippen LogP contribution < -0.4 is 0 Å². The van der Waals surface area contributed by atoms with Gasteiger partial charge in [-0.1, -0.05) is 44.9 Å². The summed E-state index contributed by atoms with van der Waals surface area (Å²) >= 11 is 0. The van der Waals surface area contributed by atoms with E-state index in [1.54, 1.807) is 16.7 Å². The van der Waals surface area contributed by atoms with Crippen LogP contribution in [0.25, 0.3) is 0 Å². The van der Waals surface area contributed by atoms with Gasteiger partial charge in [0.15, 0.2) is 0 Å². The van der Waals surface area contributed by atoms with Gasteiger partial charge < -0.3 is 0 Å². The Morgan fingerprint density at radius 1 is 1.10 bits per heavy atom. The quantitative estimate of drug-likeness (QED) is 0.603. The summed E-state index contributed by atoms with van der Waals surface area (Å²) in [5.74, 6) is 2.89. The fourth-order valence-electron chi connectivity index (χ4n) is 6.00. The molecule has 0 heteroatoms. The average molecular weight is 282 g/mol. The summed E-state index contributed by atoms with van der Waals surface area (Å²) in [7, 11) is 0. The molecule has 0 nitrogen and oxygen atoms in total. The predicted molar refractivity (Wildman–Crippen MR) is 89.7 cm³/mol. The minimum Gasteiger partial charge on any atom is -0.0613 e. The highest BCUT2D eigenvalue weighted by molar-refractivity contribution is 5.38. The molecular weight excluding hydrogens is 252 g/mol. The zero-order valence-corrected chi connectivity index (χ0v) is 13.8. The van der Waals surface area contributed by atoms with Crippen LogP contribution in [0.5, 0.6) is 0 Å². The van der Waals surface area contributed by atoms with Crippen molar-refractivity contribution in [2.45, 2.75) is 77.6 Å². The molecule has 2 fully saturated rings. The van der Waals surface area contributed by atoms with E-state index in [0.29, 0.717) is 5.41 Å². The minimum atomic E-state index is 0.680. The SMILES string of the molecule is CCc1ccc2c(c1)[C@H]1CC[C@]3(C)CCCC[C@H]3[C@@H]1CC2. The van der Waals surface area contributed by atoms with Crippen molar-refractivity contribution in [2.75, 3.05) is 0 Å². The maximum absolute atomic E-state index is 2.62. The van der Waals surface area contributed by atoms with Crippen molar-refractivity contribution < 1.29 is 0 Å². The predicted octanol–water partition coefficient (Wildman–Crippen LogP) is 5.89. The van der Waals surface area contributed by atoms with Crippen molar-refractivity contribution in [3.05, 3.63) is 34.9 Å². The maximum Gasteiger partial charge on any atom is -0.0128 e. The Bertz CT molecular complexity index is 529. The van der Waals surface area contributed by atoms with Crippen LogP contribution in [0.4, 0.5) is 0 Å². The molecule has 21 heavy (non-hydrogen) atoms. The molecule has 0 amide bonds. The fraction of sp³-hybridized carbons (Fsp3) is 0.714. The van der Waals surface area contributed by atoms with E-state index in [-0.39, 0.29) is 0 Å². The van der Waals surface area contributed by atoms with Gasteiger partial charge in [-0.25, -0.2) is 0 Å². The highest BCUT2D eigenvalue weighted by Gasteiger charge is 2.48. The van der Waals surface area contributed by atoms with Gasteiger partial charge in [-0.2, -0.15) is 0 Å². The van der Waals surface area contributed by atoms with Gasteiger partial charge in [0.2, 0.25) is 0 Å². The van der Waals surface area contributed by atoms with Crippen LogP contribution in [0, 0.1) is 17.3 Å². The zero-order valence-electron chi connectivity index (χ0n) is 13.8. The third-order valence-electron chi connectivity index (χ3n) is 7.23. The molecule has 0 unspecified atom stereocenters. The lowest BCUT2D eigenvalue weighted by Crippen LogP contribution is -2.44. The molecule has 0 aromatic heterocycles. The van der Waals surface area contributed by atoms with E-state index in [1.807, 2.05) is 0 Å². The van der Waals surface area contributed by atoms with E-state index in [1.165, 1.54) is 57.8 Å². The third kappa shape index (κ3) is 2.17. The van der Waals surface area contributed by atoms with Crippen LogP contribution in [0.1, 0.15) is 81.4 Å². The molecule has 0 radical (unpaired) electrons. The first kappa shape index (κ1) is 13.9. The van der Waals surface area contributed by atoms with Gasteiger partial charge in [0.05, 0.1) is 0 Å². The fourth-order valence-corrected chi connectivity index (χ4v) is 6.00. The Hall–Kier alpha value is -0.780. The van der Waals surface area contributed by atoms with Gasteiger partial charge in [0.1, 0.15) is 0 Å². The Morgan fingerprint density at radius 2 is 2.00 bits per heavy atom. The first-order valence-electron chi connectivity index (χ1n) is 9.33. The van der Waals surface area contributed by atoms with Crippen LogP contribution in [0.15, 0.2) is 18.2 Å². The van der Waals surface area contributed by atoms with Crippen molar-refractivity contribution in [1.29, 1.82) is 0 Å². The molecule has 1 aromatic rings. The molecule has 0 spiro atoms. The number of aryl methyl sites for hydroxylation is 2. The second-order valence-electron chi connectivity index (χ2n) is 8.24. The van der Waals surface area contributed by atoms with Crippen LogP contribution >= 0.6 is 0 Å². The van der Waals surface area contributed by atoms with Crippen LogP contribution in [-0.2, 0) is 12.8 Å². The third-order valence-corrected chi connectivity index (χ3v) is 7.23. The summed E-state index contributed by atoms with van der Waals surface area (Å²) in [5.41, 5.74) is 5.65. The average Bonchev–Trinajstić information content (AvgIpc) is 2.53. The lowest BCUT2D eigenvalue weighted by Gasteiger charge is -2.54. The highest BCUT2D eigenvalue weighted by Crippen LogP contribution is 2.59. The monoisotopic (exact) mass is 282 g/mol. The molecule has 0 bridgehead atoms. The Morgan fingerprint density at radius 3 is 2.86 bits per heavy atom. The van der Waals surface area contributed by atoms with Gasteiger partial charge in [-0.05, 0) is 84.8 Å². The summed E-state index contributed by atoms with van der Waals surface area (Å²) in [5, 5.41) is 0. The van der Waals surface area contributed by atoms with E-state index in [2.05, 4.69) is 32.0 Å². The number of benzene rings is 1. The summed E-state index contributed by atoms with van der Waals surface area (Å²) in [6.45, 7) is 4.91. The molecule has 114 valence electrons. The Kier molecular flexibility index (Phi) is 3.39. The molecule has 0 heterocycles. The van der Waals surface area contributed by atoms with Crippen molar-refractivity contribution in [3.63, 3.8) is 0 Å². The van der Waals surface area contributed by atoms with Crippen molar-refractivity contribution >= 4 is 0 Å². The largest absolute Gasteiger partial charge is 0.0613 e. The molecule has 0 aliphatic heterocycles. The molecule has 3 aliphatic carbocycles. The van der Waals surface area contributed by atoms with E-state index < -0.39 is 0 Å². The molecule has 4 rings (SSSR count). The van der Waals surface area contributed by atoms with E-state index in [0.717, 1.165) is 17.8 Å². The van der Waals surface area contributed by atoms with Crippen molar-refractivity contribution in [1.82, 2.24) is 0 Å². The number of hydrogen-bond donors (Lipinski definition) is 0. The Balaban J connectivity index is 1.69. The van der Waals surface area contributed by atoms with Crippen LogP contribution in [-0.4, -0.2) is 0 Å². The molecule has 3 aliphatic rings. The summed E-state index contributed by atoms with van der Waals surface area (Å²) < 4.78 is 0. The first-order valence-corrected chi connectivity index (χ1v) is 9.33. The zero-order chi connectivity index (χ0) is 14.4. The normalized spacial score (nSPS) is 38.3. The topological polar surface area (TPSA) is 0 Å². The van der Waals surface area contributed by atoms with Gasteiger partial charge in [-0.15, -0.1) is 0 Å². The first-order chi connectivity index (χ1) is 10.2. The van der Waals surface area contributed by atoms with Crippen molar-refractivity contribution in [3.8, 4) is 0 Å². The van der Waals surface area contributed by atoms with Gasteiger partial charge >= 0.3 is 0 Å². The number of hydrogen-bond acceptors (Lipinski definition) is 0. The number of fused-ring (bicyclic) bond motifs is 5.